The van der Waals surface area contributed by atoms with Gasteiger partial charge in [0.2, 0.25) is 0 Å². The average Bonchev–Trinajstić information content (AvgIpc) is 2.73. The summed E-state index contributed by atoms with van der Waals surface area (Å²) in [4.78, 5) is 4.54. The molecule has 1 aliphatic carbocycles. The Bertz CT molecular complexity index is 786. The van der Waals surface area contributed by atoms with Crippen LogP contribution in [0.2, 0.25) is 5.02 Å². The van der Waals surface area contributed by atoms with Crippen molar-refractivity contribution in [1.29, 1.82) is 0 Å². The third-order valence-electron chi connectivity index (χ3n) is 5.76. The lowest BCUT2D eigenvalue weighted by Crippen LogP contribution is -2.37. The Morgan fingerprint density at radius 1 is 0.933 bits per heavy atom. The molecule has 2 nitrogen and oxygen atoms in total. The molecule has 0 unspecified atom stereocenters. The minimum atomic E-state index is 0. The Kier molecular flexibility index (Phi) is 10.5. The van der Waals surface area contributed by atoms with Crippen molar-refractivity contribution in [3.05, 3.63) is 70.2 Å². The summed E-state index contributed by atoms with van der Waals surface area (Å²) in [6, 6.07) is 17.8. The predicted octanol–water partition coefficient (Wildman–Crippen LogP) is 7.00. The van der Waals surface area contributed by atoms with Crippen molar-refractivity contribution >= 4 is 52.3 Å². The topological polar surface area (TPSA) is 6.48 Å². The van der Waals surface area contributed by atoms with Crippen LogP contribution < -0.4 is 0 Å². The van der Waals surface area contributed by atoms with Crippen LogP contribution in [0.25, 0.3) is 0 Å². The zero-order chi connectivity index (χ0) is 20.8. The summed E-state index contributed by atoms with van der Waals surface area (Å²) < 4.78 is 0.997. The third-order valence-corrected chi connectivity index (χ3v) is 7.66. The smallest absolute Gasteiger partial charge is 0.136 e. The van der Waals surface area contributed by atoms with Gasteiger partial charge in [0, 0.05) is 30.4 Å². The van der Waals surface area contributed by atoms with Gasteiger partial charge in [-0.2, -0.15) is 0 Å². The van der Waals surface area contributed by atoms with Crippen molar-refractivity contribution in [3.8, 4) is 0 Å². The maximum absolute atomic E-state index is 5.97. The van der Waals surface area contributed by atoms with E-state index in [2.05, 4.69) is 67.3 Å². The van der Waals surface area contributed by atoms with Crippen LogP contribution in [0.15, 0.2) is 48.5 Å². The normalized spacial score (nSPS) is 18.7. The Morgan fingerprint density at radius 3 is 2.07 bits per heavy atom. The number of benzene rings is 2. The highest BCUT2D eigenvalue weighted by atomic mass is 35.5. The molecule has 0 amide bonds. The van der Waals surface area contributed by atoms with Gasteiger partial charge in [-0.1, -0.05) is 72.0 Å². The minimum Gasteiger partial charge on any atom is -0.358 e. The maximum atomic E-state index is 5.97. The largest absolute Gasteiger partial charge is 0.358 e. The second kappa shape index (κ2) is 12.3. The van der Waals surface area contributed by atoms with Crippen LogP contribution in [0.4, 0.5) is 0 Å². The molecule has 164 valence electrons. The molecule has 0 N–H and O–H groups in total. The van der Waals surface area contributed by atoms with Gasteiger partial charge < -0.3 is 9.80 Å². The van der Waals surface area contributed by atoms with Gasteiger partial charge in [-0.25, -0.2) is 0 Å². The van der Waals surface area contributed by atoms with E-state index < -0.39 is 0 Å². The van der Waals surface area contributed by atoms with E-state index in [-0.39, 0.29) is 12.4 Å². The van der Waals surface area contributed by atoms with Crippen molar-refractivity contribution in [2.75, 3.05) is 21.1 Å². The molecule has 0 heterocycles. The van der Waals surface area contributed by atoms with E-state index in [1.54, 1.807) is 11.8 Å². The Balaban J connectivity index is 0.00000320. The molecule has 0 aliphatic heterocycles. The van der Waals surface area contributed by atoms with Crippen LogP contribution >= 0.6 is 48.0 Å². The first-order valence-electron chi connectivity index (χ1n) is 10.3. The van der Waals surface area contributed by atoms with Gasteiger partial charge in [0.05, 0.1) is 0 Å². The van der Waals surface area contributed by atoms with Gasteiger partial charge in [0.15, 0.2) is 0 Å². The molecular weight excluding hydrogens is 451 g/mol. The molecular formula is C24H32Cl2N2S2. The fourth-order valence-corrected chi connectivity index (χ4v) is 5.32. The van der Waals surface area contributed by atoms with E-state index in [1.165, 1.54) is 42.4 Å². The molecule has 2 aromatic carbocycles. The molecule has 0 atom stereocenters. The first-order valence-corrected chi connectivity index (χ1v) is 12.1. The first-order chi connectivity index (χ1) is 13.9. The van der Waals surface area contributed by atoms with Gasteiger partial charge in [-0.05, 0) is 74.5 Å². The maximum Gasteiger partial charge on any atom is 0.136 e. The third kappa shape index (κ3) is 7.42. The molecule has 1 fully saturated rings. The van der Waals surface area contributed by atoms with Gasteiger partial charge >= 0.3 is 0 Å². The number of thioether (sulfide) groups is 1. The standard InChI is InChI=1S/C24H31ClN2S2.ClH/c1-26(2)16-18-4-8-20(9-5-18)21-10-14-23(15-11-21)27(3)24(28)29-17-19-6-12-22(25)13-7-19;/h4-9,12-13,21,23H,10-11,14-17H2,1-3H3;1H/t21-,23-;. The lowest BCUT2D eigenvalue weighted by atomic mass is 9.81. The van der Waals surface area contributed by atoms with Crippen LogP contribution in [0.3, 0.4) is 0 Å². The van der Waals surface area contributed by atoms with Crippen LogP contribution in [-0.4, -0.2) is 41.3 Å². The van der Waals surface area contributed by atoms with Gasteiger partial charge in [-0.15, -0.1) is 12.4 Å². The molecule has 0 radical (unpaired) electrons. The Hall–Kier alpha value is -0.780. The summed E-state index contributed by atoms with van der Waals surface area (Å²) in [5, 5.41) is 0.780. The molecule has 0 bridgehead atoms. The van der Waals surface area contributed by atoms with Crippen molar-refractivity contribution in [2.24, 2.45) is 0 Å². The van der Waals surface area contributed by atoms with E-state index in [0.29, 0.717) is 12.0 Å². The lowest BCUT2D eigenvalue weighted by molar-refractivity contribution is 0.267. The average molecular weight is 484 g/mol. The zero-order valence-corrected chi connectivity index (χ0v) is 21.2. The number of hydrogen-bond acceptors (Lipinski definition) is 3. The monoisotopic (exact) mass is 482 g/mol. The van der Waals surface area contributed by atoms with Crippen LogP contribution in [0.1, 0.15) is 48.3 Å². The van der Waals surface area contributed by atoms with E-state index in [4.69, 9.17) is 23.8 Å². The molecule has 1 saturated carbocycles. The minimum absolute atomic E-state index is 0. The van der Waals surface area contributed by atoms with Gasteiger partial charge in [0.1, 0.15) is 4.32 Å². The predicted molar refractivity (Wildman–Crippen MR) is 139 cm³/mol. The highest BCUT2D eigenvalue weighted by Gasteiger charge is 2.26. The highest BCUT2D eigenvalue weighted by molar-refractivity contribution is 8.22. The molecule has 2 aromatic rings. The van der Waals surface area contributed by atoms with Crippen molar-refractivity contribution in [1.82, 2.24) is 9.80 Å². The molecule has 6 heteroatoms. The zero-order valence-electron chi connectivity index (χ0n) is 18.0. The molecule has 1 aliphatic rings. The fraction of sp³-hybridized carbons (Fsp3) is 0.458. The first kappa shape index (κ1) is 25.5. The SMILES string of the molecule is CN(C)Cc1ccc([C@H]2CC[C@H](N(C)C(=S)SCc3ccc(Cl)cc3)CC2)cc1.Cl. The highest BCUT2D eigenvalue weighted by Crippen LogP contribution is 2.35. The second-order valence-electron chi connectivity index (χ2n) is 8.28. The number of halogens is 2. The summed E-state index contributed by atoms with van der Waals surface area (Å²) in [7, 11) is 6.39. The van der Waals surface area contributed by atoms with E-state index >= 15 is 0 Å². The number of hydrogen-bond donors (Lipinski definition) is 0. The quantitative estimate of drug-likeness (QED) is 0.408. The van der Waals surface area contributed by atoms with Crippen LogP contribution in [0, 0.1) is 0 Å². The van der Waals surface area contributed by atoms with Crippen LogP contribution in [0.5, 0.6) is 0 Å². The molecule has 0 spiro atoms. The molecule has 3 rings (SSSR count). The Labute approximate surface area is 202 Å². The number of nitrogens with zero attached hydrogens (tertiary/aromatic N) is 2. The summed E-state index contributed by atoms with van der Waals surface area (Å²) in [6.07, 6.45) is 4.91. The Morgan fingerprint density at radius 2 is 1.50 bits per heavy atom. The second-order valence-corrected chi connectivity index (χ2v) is 10.3. The van der Waals surface area contributed by atoms with E-state index in [0.717, 1.165) is 21.6 Å². The molecule has 0 aromatic heterocycles. The van der Waals surface area contributed by atoms with Gasteiger partial charge in [-0.3, -0.25) is 0 Å². The molecule has 30 heavy (non-hydrogen) atoms. The van der Waals surface area contributed by atoms with Crippen molar-refractivity contribution < 1.29 is 0 Å². The van der Waals surface area contributed by atoms with Crippen molar-refractivity contribution in [2.45, 2.75) is 49.9 Å². The molecule has 0 saturated heterocycles. The lowest BCUT2D eigenvalue weighted by Gasteiger charge is -2.36. The summed E-state index contributed by atoms with van der Waals surface area (Å²) >= 11 is 13.4. The number of rotatable bonds is 6. The van der Waals surface area contributed by atoms with Crippen LogP contribution in [-0.2, 0) is 12.3 Å². The summed E-state index contributed by atoms with van der Waals surface area (Å²) in [5.41, 5.74) is 4.14. The summed E-state index contributed by atoms with van der Waals surface area (Å²) in [6.45, 7) is 1.00. The number of thiocarbonyl (C=S) groups is 1. The van der Waals surface area contributed by atoms with E-state index in [1.807, 2.05) is 12.1 Å². The summed E-state index contributed by atoms with van der Waals surface area (Å²) in [5.74, 6) is 1.58. The van der Waals surface area contributed by atoms with E-state index in [9.17, 15) is 0 Å². The van der Waals surface area contributed by atoms with Gasteiger partial charge in [0.25, 0.3) is 0 Å². The van der Waals surface area contributed by atoms with Crippen molar-refractivity contribution in [3.63, 3.8) is 0 Å². The fourth-order valence-electron chi connectivity index (χ4n) is 4.03.